The number of carbonyl (C=O) groups excluding carboxylic acids is 4. The van der Waals surface area contributed by atoms with Crippen LogP contribution < -0.4 is 31.1 Å². The van der Waals surface area contributed by atoms with Crippen molar-refractivity contribution in [3.8, 4) is 11.5 Å². The predicted octanol–water partition coefficient (Wildman–Crippen LogP) is 9.36. The summed E-state index contributed by atoms with van der Waals surface area (Å²) in [6, 6.07) is 42.1. The minimum atomic E-state index is -0.454. The second-order valence-electron chi connectivity index (χ2n) is 18.1. The molecule has 0 bridgehead atoms. The van der Waals surface area contributed by atoms with Crippen LogP contribution in [0.25, 0.3) is 43.4 Å². The van der Waals surface area contributed by atoms with Crippen molar-refractivity contribution < 1.29 is 39.1 Å². The second-order valence-corrected chi connectivity index (χ2v) is 18.1. The van der Waals surface area contributed by atoms with E-state index >= 15 is 0 Å². The number of benzene rings is 6. The highest BCUT2D eigenvalue weighted by Gasteiger charge is 2.35. The number of aryl methyl sites for hydroxylation is 2. The van der Waals surface area contributed by atoms with Crippen LogP contribution in [0.1, 0.15) is 81.8 Å². The number of hydrogen-bond donors (Lipinski definition) is 6. The van der Waals surface area contributed by atoms with Gasteiger partial charge in [0.2, 0.25) is 11.8 Å². The van der Waals surface area contributed by atoms with Crippen LogP contribution >= 0.6 is 0 Å². The van der Waals surface area contributed by atoms with E-state index in [1.54, 1.807) is 23.1 Å². The van der Waals surface area contributed by atoms with Gasteiger partial charge < -0.3 is 20.1 Å². The van der Waals surface area contributed by atoms with Gasteiger partial charge in [0.1, 0.15) is 24.7 Å². The van der Waals surface area contributed by atoms with Crippen molar-refractivity contribution in [2.24, 2.45) is 11.8 Å². The van der Waals surface area contributed by atoms with Gasteiger partial charge in [-0.15, -0.1) is 0 Å². The molecular weight excluding hydrogens is 885 g/mol. The summed E-state index contributed by atoms with van der Waals surface area (Å²) in [5, 5.41) is 29.6. The predicted molar refractivity (Wildman–Crippen MR) is 267 cm³/mol. The zero-order valence-corrected chi connectivity index (χ0v) is 38.9. The third-order valence-electron chi connectivity index (χ3n) is 13.4. The standard InChI is InChI=1S/2C28H27N3O4/c1-17-14-19(22-7-2-3-10-25(22)29-17)16-35-20-12-13-21-18(15-20)6-4-8-23(21)27(32)30-26-11-5-9-24(26)28(33)31-34;1-17-13-21(23-5-2-3-7-25(23)29-17)16-35-22-12-11-18-14-20(10-9-19(18)15-22)27(32)30-26-8-4-6-24(26)28(33)31-34/h2-4,6-8,10,12-15,24,26,34H,5,9,11,16H2,1H3,(H,30,32)(H,31,33);2-3,5,7,9-15,24,26,34H,4,6,8,16H2,1H3,(H,30,32)(H,31,33). The molecule has 2 aliphatic carbocycles. The lowest BCUT2D eigenvalue weighted by atomic mass is 10.0. The molecule has 4 atom stereocenters. The third kappa shape index (κ3) is 10.5. The third-order valence-corrected chi connectivity index (χ3v) is 13.4. The lowest BCUT2D eigenvalue weighted by Crippen LogP contribution is -2.43. The molecule has 0 spiro atoms. The molecule has 6 aromatic carbocycles. The molecule has 6 N–H and O–H groups in total. The Morgan fingerprint density at radius 3 is 1.63 bits per heavy atom. The van der Waals surface area contributed by atoms with Crippen molar-refractivity contribution in [1.82, 2.24) is 31.6 Å². The van der Waals surface area contributed by atoms with E-state index in [-0.39, 0.29) is 23.9 Å². The van der Waals surface area contributed by atoms with Gasteiger partial charge in [0.25, 0.3) is 11.8 Å². The van der Waals surface area contributed by atoms with Gasteiger partial charge in [-0.25, -0.2) is 11.0 Å². The van der Waals surface area contributed by atoms with E-state index in [0.29, 0.717) is 55.8 Å². The zero-order chi connectivity index (χ0) is 48.7. The van der Waals surface area contributed by atoms with Gasteiger partial charge in [0.15, 0.2) is 0 Å². The SMILES string of the molecule is Cc1cc(COc2ccc3c(C(=O)NC4CCCC4C(=O)NO)cccc3c2)c2ccccc2n1.Cc1cc(COc2ccc3cc(C(=O)NC4CCCC4C(=O)NO)ccc3c2)c2ccccc2n1. The number of pyridine rings is 2. The molecule has 2 heterocycles. The van der Waals surface area contributed by atoms with Crippen LogP contribution in [0, 0.1) is 25.7 Å². The summed E-state index contributed by atoms with van der Waals surface area (Å²) in [6.07, 6.45) is 4.36. The molecule has 2 aliphatic rings. The maximum absolute atomic E-state index is 13.1. The average molecular weight is 939 g/mol. The van der Waals surface area contributed by atoms with Crippen LogP contribution in [0.5, 0.6) is 11.5 Å². The van der Waals surface area contributed by atoms with Gasteiger partial charge in [0, 0.05) is 56.5 Å². The molecule has 0 aliphatic heterocycles. The topological polar surface area (TPSA) is 201 Å². The second kappa shape index (κ2) is 21.1. The van der Waals surface area contributed by atoms with Crippen molar-refractivity contribution >= 4 is 67.0 Å². The fraction of sp³-hybridized carbons (Fsp3) is 0.250. The van der Waals surface area contributed by atoms with E-state index in [4.69, 9.17) is 19.9 Å². The van der Waals surface area contributed by atoms with E-state index in [0.717, 1.165) is 84.5 Å². The summed E-state index contributed by atoms with van der Waals surface area (Å²) in [6.45, 7) is 4.79. The number of aromatic nitrogens is 2. The van der Waals surface area contributed by atoms with Gasteiger partial charge in [-0.3, -0.25) is 39.6 Å². The number of nitrogens with zero attached hydrogens (tertiary/aromatic N) is 2. The van der Waals surface area contributed by atoms with Gasteiger partial charge in [-0.1, -0.05) is 73.5 Å². The molecule has 10 rings (SSSR count). The smallest absolute Gasteiger partial charge is 0.252 e. The van der Waals surface area contributed by atoms with Gasteiger partial charge >= 0.3 is 0 Å². The first-order chi connectivity index (χ1) is 34.0. The average Bonchev–Trinajstić information content (AvgIpc) is 4.06. The van der Waals surface area contributed by atoms with E-state index in [9.17, 15) is 19.2 Å². The largest absolute Gasteiger partial charge is 0.489 e. The number of nitrogens with one attached hydrogen (secondary N) is 4. The Morgan fingerprint density at radius 2 is 1.04 bits per heavy atom. The van der Waals surface area contributed by atoms with Crippen molar-refractivity contribution in [2.75, 3.05) is 0 Å². The molecule has 14 heteroatoms. The lowest BCUT2D eigenvalue weighted by molar-refractivity contribution is -0.134. The van der Waals surface area contributed by atoms with Crippen molar-refractivity contribution in [3.63, 3.8) is 0 Å². The molecule has 2 saturated carbocycles. The Morgan fingerprint density at radius 1 is 0.529 bits per heavy atom. The Bertz CT molecular complexity index is 3270. The first-order valence-electron chi connectivity index (χ1n) is 23.6. The minimum Gasteiger partial charge on any atom is -0.489 e. The number of amides is 4. The number of fused-ring (bicyclic) bond motifs is 4. The Labute approximate surface area is 404 Å². The van der Waals surface area contributed by atoms with Gasteiger partial charge in [-0.2, -0.15) is 0 Å². The molecule has 70 heavy (non-hydrogen) atoms. The van der Waals surface area contributed by atoms with Crippen LogP contribution in [0.3, 0.4) is 0 Å². The molecular formula is C56H54N6O8. The fourth-order valence-corrected chi connectivity index (χ4v) is 9.91. The Kier molecular flexibility index (Phi) is 14.2. The number of hydroxylamine groups is 2. The van der Waals surface area contributed by atoms with E-state index in [2.05, 4.69) is 26.7 Å². The lowest BCUT2D eigenvalue weighted by Gasteiger charge is -2.20. The first-order valence-corrected chi connectivity index (χ1v) is 23.6. The number of rotatable bonds is 12. The molecule has 0 saturated heterocycles. The van der Waals surface area contributed by atoms with Crippen molar-refractivity contribution in [2.45, 2.75) is 77.7 Å². The maximum Gasteiger partial charge on any atom is 0.252 e. The van der Waals surface area contributed by atoms with Crippen LogP contribution in [-0.2, 0) is 22.8 Å². The molecule has 14 nitrogen and oxygen atoms in total. The van der Waals surface area contributed by atoms with Gasteiger partial charge in [0.05, 0.1) is 22.9 Å². The van der Waals surface area contributed by atoms with Crippen LogP contribution in [0.4, 0.5) is 0 Å². The van der Waals surface area contributed by atoms with Gasteiger partial charge in [-0.05, 0) is 134 Å². The number of para-hydroxylation sites is 2. The summed E-state index contributed by atoms with van der Waals surface area (Å²) >= 11 is 0. The number of ether oxygens (including phenoxy) is 2. The highest BCUT2D eigenvalue weighted by Crippen LogP contribution is 2.31. The van der Waals surface area contributed by atoms with E-state index < -0.39 is 23.7 Å². The molecule has 356 valence electrons. The normalized spacial score (nSPS) is 17.4. The molecule has 2 fully saturated rings. The Hall–Kier alpha value is -7.94. The monoisotopic (exact) mass is 938 g/mol. The minimum absolute atomic E-state index is 0.227. The van der Waals surface area contributed by atoms with E-state index in [1.807, 2.05) is 129 Å². The summed E-state index contributed by atoms with van der Waals surface area (Å²) in [7, 11) is 0. The molecule has 2 aromatic heterocycles. The van der Waals surface area contributed by atoms with Crippen molar-refractivity contribution in [3.05, 3.63) is 167 Å². The number of hydrogen-bond acceptors (Lipinski definition) is 10. The van der Waals surface area contributed by atoms with Crippen LogP contribution in [-0.4, -0.2) is 56.1 Å². The summed E-state index contributed by atoms with van der Waals surface area (Å²) < 4.78 is 12.2. The summed E-state index contributed by atoms with van der Waals surface area (Å²) in [4.78, 5) is 58.8. The Balaban J connectivity index is 0.000000174. The summed E-state index contributed by atoms with van der Waals surface area (Å²) in [5.74, 6) is -0.739. The quantitative estimate of drug-likeness (QED) is 0.0507. The fourth-order valence-electron chi connectivity index (χ4n) is 9.91. The van der Waals surface area contributed by atoms with Crippen LogP contribution in [0.15, 0.2) is 133 Å². The van der Waals surface area contributed by atoms with E-state index in [1.165, 1.54) is 0 Å². The zero-order valence-electron chi connectivity index (χ0n) is 38.9. The number of carbonyl (C=O) groups is 4. The molecule has 8 aromatic rings. The van der Waals surface area contributed by atoms with Crippen LogP contribution in [0.2, 0.25) is 0 Å². The van der Waals surface area contributed by atoms with Crippen molar-refractivity contribution in [1.29, 1.82) is 0 Å². The molecule has 0 radical (unpaired) electrons. The maximum atomic E-state index is 13.1. The first kappa shape index (κ1) is 47.1. The molecule has 4 unspecified atom stereocenters. The summed E-state index contributed by atoms with van der Waals surface area (Å²) in [5.41, 5.74) is 10.4. The highest BCUT2D eigenvalue weighted by atomic mass is 16.5. The molecule has 4 amide bonds. The highest BCUT2D eigenvalue weighted by molar-refractivity contribution is 6.07.